The van der Waals surface area contributed by atoms with Crippen LogP contribution in [0.2, 0.25) is 0 Å². The maximum atomic E-state index is 14.1. The maximum absolute atomic E-state index is 14.1. The molecule has 0 amide bonds. The number of rotatable bonds is 5. The summed E-state index contributed by atoms with van der Waals surface area (Å²) >= 11 is 1.46. The van der Waals surface area contributed by atoms with Crippen LogP contribution in [0.4, 0.5) is 5.82 Å². The molecule has 8 nitrogen and oxygen atoms in total. The van der Waals surface area contributed by atoms with Gasteiger partial charge in [-0.3, -0.25) is 9.36 Å². The number of aromatic nitrogens is 6. The molecule has 1 N–H and O–H groups in total. The number of nitrogens with one attached hydrogen (secondary N) is 1. The van der Waals surface area contributed by atoms with E-state index in [1.54, 1.807) is 16.4 Å². The lowest BCUT2D eigenvalue weighted by molar-refractivity contribution is 0.774. The van der Waals surface area contributed by atoms with Crippen molar-refractivity contribution in [3.8, 4) is 16.9 Å². The third-order valence-electron chi connectivity index (χ3n) is 6.00. The van der Waals surface area contributed by atoms with Gasteiger partial charge in [0.25, 0.3) is 5.56 Å². The van der Waals surface area contributed by atoms with Crippen LogP contribution in [0.15, 0.2) is 83.8 Å². The molecular weight excluding hydrogens is 458 g/mol. The van der Waals surface area contributed by atoms with Crippen molar-refractivity contribution in [2.75, 3.05) is 5.32 Å². The number of nitrogens with zero attached hydrogens (tertiary/aromatic N) is 6. The number of thiazole rings is 1. The molecule has 0 saturated heterocycles. The smallest absolute Gasteiger partial charge is 0.263 e. The van der Waals surface area contributed by atoms with Crippen molar-refractivity contribution >= 4 is 38.3 Å². The highest BCUT2D eigenvalue weighted by Gasteiger charge is 2.20. The van der Waals surface area contributed by atoms with Gasteiger partial charge in [0.1, 0.15) is 16.7 Å². The molecular formula is C26H21N7OS. The molecule has 2 aromatic carbocycles. The van der Waals surface area contributed by atoms with E-state index in [1.165, 1.54) is 17.7 Å². The van der Waals surface area contributed by atoms with Crippen molar-refractivity contribution in [1.82, 2.24) is 29.1 Å². The fourth-order valence-corrected chi connectivity index (χ4v) is 5.02. The fraction of sp³-hybridized carbons (Fsp3) is 0.115. The summed E-state index contributed by atoms with van der Waals surface area (Å²) in [5.74, 6) is 0.637. The summed E-state index contributed by atoms with van der Waals surface area (Å²) in [5.41, 5.74) is 5.56. The Morgan fingerprint density at radius 2 is 1.86 bits per heavy atom. The van der Waals surface area contributed by atoms with Gasteiger partial charge in [-0.1, -0.05) is 36.4 Å². The van der Waals surface area contributed by atoms with E-state index in [4.69, 9.17) is 0 Å². The highest BCUT2D eigenvalue weighted by Crippen LogP contribution is 2.30. The third-order valence-corrected chi connectivity index (χ3v) is 6.74. The second-order valence-electron chi connectivity index (χ2n) is 8.33. The zero-order valence-electron chi connectivity index (χ0n) is 19.1. The molecule has 172 valence electrons. The van der Waals surface area contributed by atoms with Gasteiger partial charge in [-0.2, -0.15) is 0 Å². The average Bonchev–Trinajstić information content (AvgIpc) is 3.53. The van der Waals surface area contributed by atoms with Gasteiger partial charge in [0, 0.05) is 30.2 Å². The van der Waals surface area contributed by atoms with Gasteiger partial charge in [0.05, 0.1) is 29.0 Å². The minimum atomic E-state index is -0.245. The van der Waals surface area contributed by atoms with Crippen LogP contribution in [0.3, 0.4) is 0 Å². The Kier molecular flexibility index (Phi) is 5.11. The predicted octanol–water partition coefficient (Wildman–Crippen LogP) is 4.96. The van der Waals surface area contributed by atoms with Gasteiger partial charge in [-0.05, 0) is 30.5 Å². The van der Waals surface area contributed by atoms with E-state index in [2.05, 4.69) is 31.3 Å². The highest BCUT2D eigenvalue weighted by molar-refractivity contribution is 7.16. The molecule has 4 aromatic heterocycles. The van der Waals surface area contributed by atoms with E-state index in [9.17, 15) is 4.79 Å². The first-order chi connectivity index (χ1) is 17.1. The fourth-order valence-electron chi connectivity index (χ4n) is 4.39. The molecule has 0 bridgehead atoms. The Labute approximate surface area is 204 Å². The lowest BCUT2D eigenvalue weighted by atomic mass is 10.0. The number of pyridine rings is 1. The summed E-state index contributed by atoms with van der Waals surface area (Å²) in [6, 6.07) is 17.4. The van der Waals surface area contributed by atoms with E-state index in [0.29, 0.717) is 11.2 Å². The van der Waals surface area contributed by atoms with Crippen LogP contribution < -0.4 is 10.9 Å². The molecule has 1 atom stereocenters. The quantitative estimate of drug-likeness (QED) is 0.376. The van der Waals surface area contributed by atoms with Crippen molar-refractivity contribution in [2.45, 2.75) is 13.0 Å². The van der Waals surface area contributed by atoms with Crippen LogP contribution in [0, 0.1) is 0 Å². The first-order valence-electron chi connectivity index (χ1n) is 11.1. The SMILES string of the molecule is CC(Nc1ncnc2scnc12)c1cc2cccc(-c3cn(C)cn3)c2c(=O)n1-c1ccccc1. The number of fused-ring (bicyclic) bond motifs is 2. The molecule has 0 aliphatic rings. The average molecular weight is 480 g/mol. The second kappa shape index (κ2) is 8.44. The number of benzene rings is 2. The first kappa shape index (κ1) is 21.2. The van der Waals surface area contributed by atoms with Crippen LogP contribution in [-0.4, -0.2) is 29.1 Å². The highest BCUT2D eigenvalue weighted by atomic mass is 32.1. The monoisotopic (exact) mass is 479 g/mol. The Balaban J connectivity index is 1.57. The number of hydrogen-bond donors (Lipinski definition) is 1. The van der Waals surface area contributed by atoms with Gasteiger partial charge in [0.2, 0.25) is 0 Å². The van der Waals surface area contributed by atoms with Crippen LogP contribution >= 0.6 is 11.3 Å². The van der Waals surface area contributed by atoms with Crippen molar-refractivity contribution in [2.24, 2.45) is 7.05 Å². The van der Waals surface area contributed by atoms with Crippen molar-refractivity contribution in [1.29, 1.82) is 0 Å². The normalized spacial score (nSPS) is 12.3. The molecule has 6 aromatic rings. The molecule has 6 rings (SSSR count). The molecule has 4 heterocycles. The van der Waals surface area contributed by atoms with Crippen molar-refractivity contribution in [3.63, 3.8) is 0 Å². The number of imidazole rings is 1. The number of hydrogen-bond acceptors (Lipinski definition) is 7. The third kappa shape index (κ3) is 3.66. The van der Waals surface area contributed by atoms with Gasteiger partial charge in [-0.25, -0.2) is 19.9 Å². The zero-order chi connectivity index (χ0) is 23.9. The summed E-state index contributed by atoms with van der Waals surface area (Å²) in [6.45, 7) is 2.02. The topological polar surface area (TPSA) is 90.5 Å². The lowest BCUT2D eigenvalue weighted by Gasteiger charge is -2.22. The Hall–Kier alpha value is -4.37. The standard InChI is InChI=1S/C26H21N7OS/c1-16(31-24-23-25(28-13-27-24)35-15-30-23)21-11-17-7-6-10-19(20-12-32(2)14-29-20)22(17)26(34)33(21)18-8-4-3-5-9-18/h3-16H,1-2H3,(H,27,28,31). The minimum Gasteiger partial charge on any atom is -0.360 e. The predicted molar refractivity (Wildman–Crippen MR) is 139 cm³/mol. The Morgan fingerprint density at radius 3 is 2.66 bits per heavy atom. The molecule has 1 unspecified atom stereocenters. The largest absolute Gasteiger partial charge is 0.360 e. The van der Waals surface area contributed by atoms with Crippen LogP contribution in [0.25, 0.3) is 38.1 Å². The maximum Gasteiger partial charge on any atom is 0.263 e. The van der Waals surface area contributed by atoms with Crippen molar-refractivity contribution < 1.29 is 0 Å². The molecule has 0 fully saturated rings. The van der Waals surface area contributed by atoms with Gasteiger partial charge in [0.15, 0.2) is 5.82 Å². The summed E-state index contributed by atoms with van der Waals surface area (Å²) in [5, 5.41) is 4.95. The van der Waals surface area contributed by atoms with Gasteiger partial charge >= 0.3 is 0 Å². The molecule has 0 spiro atoms. The van der Waals surface area contributed by atoms with Gasteiger partial charge in [-0.15, -0.1) is 11.3 Å². The lowest BCUT2D eigenvalue weighted by Crippen LogP contribution is -2.26. The Bertz CT molecular complexity index is 1740. The number of para-hydroxylation sites is 1. The van der Waals surface area contributed by atoms with Crippen LogP contribution in [-0.2, 0) is 7.05 Å². The number of aryl methyl sites for hydroxylation is 1. The molecule has 0 saturated carbocycles. The van der Waals surface area contributed by atoms with E-state index in [0.717, 1.165) is 38.4 Å². The molecule has 35 heavy (non-hydrogen) atoms. The Morgan fingerprint density at radius 1 is 1.00 bits per heavy atom. The first-order valence-corrected chi connectivity index (χ1v) is 12.0. The minimum absolute atomic E-state index is 0.0971. The summed E-state index contributed by atoms with van der Waals surface area (Å²) < 4.78 is 3.65. The van der Waals surface area contributed by atoms with E-state index in [-0.39, 0.29) is 11.6 Å². The van der Waals surface area contributed by atoms with Crippen molar-refractivity contribution in [3.05, 3.63) is 95.0 Å². The molecule has 0 radical (unpaired) electrons. The summed E-state index contributed by atoms with van der Waals surface area (Å²) in [7, 11) is 1.92. The molecule has 9 heteroatoms. The van der Waals surface area contributed by atoms with Gasteiger partial charge < -0.3 is 9.88 Å². The van der Waals surface area contributed by atoms with E-state index < -0.39 is 0 Å². The van der Waals surface area contributed by atoms with Crippen LogP contribution in [0.5, 0.6) is 0 Å². The summed E-state index contributed by atoms with van der Waals surface area (Å²) in [6.07, 6.45) is 5.19. The molecule has 0 aliphatic carbocycles. The van der Waals surface area contributed by atoms with Crippen LogP contribution in [0.1, 0.15) is 18.7 Å². The van der Waals surface area contributed by atoms with E-state index in [1.807, 2.05) is 73.3 Å². The number of anilines is 1. The second-order valence-corrected chi connectivity index (χ2v) is 9.17. The molecule has 0 aliphatic heterocycles. The van der Waals surface area contributed by atoms with E-state index >= 15 is 0 Å². The summed E-state index contributed by atoms with van der Waals surface area (Å²) in [4.78, 5) is 32.6. The zero-order valence-corrected chi connectivity index (χ0v) is 19.9.